The first kappa shape index (κ1) is 13.1. The number of pyridine rings is 1. The molecule has 0 aliphatic carbocycles. The maximum Gasteiger partial charge on any atom is 0.133 e. The fourth-order valence-electron chi connectivity index (χ4n) is 1.67. The second-order valence-corrected chi connectivity index (χ2v) is 4.79. The monoisotopic (exact) mass is 241 g/mol. The van der Waals surface area contributed by atoms with Crippen LogP contribution in [0, 0.1) is 5.92 Å². The summed E-state index contributed by atoms with van der Waals surface area (Å²) < 4.78 is 0. The van der Waals surface area contributed by atoms with Crippen LogP contribution in [0.25, 0.3) is 0 Å². The second-order valence-electron chi connectivity index (χ2n) is 4.40. The lowest BCUT2D eigenvalue weighted by atomic mass is 10.0. The predicted octanol–water partition coefficient (Wildman–Crippen LogP) is 3.55. The van der Waals surface area contributed by atoms with Crippen molar-refractivity contribution in [2.24, 2.45) is 5.92 Å². The normalized spacial score (nSPS) is 14.5. The number of nitrogens with two attached hydrogens (primary N) is 1. The number of halogens is 1. The number of hydrogen-bond acceptors (Lipinski definition) is 3. The number of hydrogen-bond donors (Lipinski definition) is 2. The average molecular weight is 242 g/mol. The maximum atomic E-state index is 5.84. The first-order valence-corrected chi connectivity index (χ1v) is 6.08. The lowest BCUT2D eigenvalue weighted by molar-refractivity contribution is 0.483. The van der Waals surface area contributed by atoms with E-state index in [1.54, 1.807) is 12.1 Å². The van der Waals surface area contributed by atoms with Crippen LogP contribution in [-0.2, 0) is 0 Å². The third-order valence-electron chi connectivity index (χ3n) is 2.66. The van der Waals surface area contributed by atoms with E-state index in [2.05, 4.69) is 31.1 Å². The zero-order valence-electron chi connectivity index (χ0n) is 10.1. The van der Waals surface area contributed by atoms with Gasteiger partial charge in [0.25, 0.3) is 0 Å². The van der Waals surface area contributed by atoms with Gasteiger partial charge in [0.15, 0.2) is 0 Å². The number of nitrogens with zero attached hydrogens (tertiary/aromatic N) is 1. The van der Waals surface area contributed by atoms with Gasteiger partial charge in [0, 0.05) is 17.8 Å². The van der Waals surface area contributed by atoms with Crippen LogP contribution < -0.4 is 11.1 Å². The summed E-state index contributed by atoms with van der Waals surface area (Å²) in [6, 6.07) is 3.82. The second kappa shape index (κ2) is 5.94. The molecule has 4 heteroatoms. The summed E-state index contributed by atoms with van der Waals surface area (Å²) in [7, 11) is 0. The van der Waals surface area contributed by atoms with Crippen LogP contribution in [0.4, 0.5) is 11.5 Å². The molecule has 0 aliphatic rings. The summed E-state index contributed by atoms with van der Waals surface area (Å²) >= 11 is 5.84. The summed E-state index contributed by atoms with van der Waals surface area (Å²) in [6.45, 7) is 6.59. The van der Waals surface area contributed by atoms with Gasteiger partial charge in [-0.2, -0.15) is 0 Å². The highest BCUT2D eigenvalue weighted by molar-refractivity contribution is 6.29. The van der Waals surface area contributed by atoms with Crippen molar-refractivity contribution in [3.05, 3.63) is 17.3 Å². The largest absolute Gasteiger partial charge is 0.399 e. The highest BCUT2D eigenvalue weighted by Crippen LogP contribution is 2.18. The van der Waals surface area contributed by atoms with Crippen LogP contribution in [-0.4, -0.2) is 11.0 Å². The van der Waals surface area contributed by atoms with E-state index in [4.69, 9.17) is 17.3 Å². The number of nitrogens with one attached hydrogen (secondary N) is 1. The molecule has 90 valence electrons. The summed E-state index contributed by atoms with van der Waals surface area (Å²) in [5.41, 5.74) is 6.34. The van der Waals surface area contributed by atoms with Crippen molar-refractivity contribution in [2.45, 2.75) is 39.7 Å². The molecule has 0 saturated heterocycles. The highest BCUT2D eigenvalue weighted by atomic mass is 35.5. The van der Waals surface area contributed by atoms with Crippen molar-refractivity contribution >= 4 is 23.1 Å². The van der Waals surface area contributed by atoms with Gasteiger partial charge >= 0.3 is 0 Å². The van der Waals surface area contributed by atoms with E-state index in [0.29, 0.717) is 22.8 Å². The fourth-order valence-corrected chi connectivity index (χ4v) is 1.89. The first-order chi connectivity index (χ1) is 7.51. The maximum absolute atomic E-state index is 5.84. The van der Waals surface area contributed by atoms with Crippen molar-refractivity contribution < 1.29 is 0 Å². The van der Waals surface area contributed by atoms with Gasteiger partial charge in [0.05, 0.1) is 0 Å². The van der Waals surface area contributed by atoms with Crippen molar-refractivity contribution in [1.29, 1.82) is 0 Å². The van der Waals surface area contributed by atoms with E-state index in [1.165, 1.54) is 6.42 Å². The average Bonchev–Trinajstić information content (AvgIpc) is 2.15. The zero-order valence-corrected chi connectivity index (χ0v) is 10.9. The van der Waals surface area contributed by atoms with Crippen molar-refractivity contribution in [3.8, 4) is 0 Å². The van der Waals surface area contributed by atoms with E-state index in [9.17, 15) is 0 Å². The van der Waals surface area contributed by atoms with Crippen LogP contribution in [0.15, 0.2) is 12.1 Å². The van der Waals surface area contributed by atoms with Gasteiger partial charge in [-0.25, -0.2) is 4.98 Å². The Morgan fingerprint density at radius 3 is 2.69 bits per heavy atom. The molecular weight excluding hydrogens is 222 g/mol. The molecule has 1 heterocycles. The minimum atomic E-state index is 0.375. The van der Waals surface area contributed by atoms with E-state index in [1.807, 2.05) is 0 Å². The molecule has 1 aromatic rings. The third kappa shape index (κ3) is 4.27. The Labute approximate surface area is 102 Å². The Kier molecular flexibility index (Phi) is 4.87. The van der Waals surface area contributed by atoms with Crippen LogP contribution in [0.2, 0.25) is 5.15 Å². The Bertz CT molecular complexity index is 321. The number of rotatable bonds is 5. The van der Waals surface area contributed by atoms with Gasteiger partial charge in [0.2, 0.25) is 0 Å². The number of aromatic nitrogens is 1. The molecule has 0 aliphatic heterocycles. The smallest absolute Gasteiger partial charge is 0.133 e. The number of anilines is 2. The van der Waals surface area contributed by atoms with Crippen molar-refractivity contribution in [2.75, 3.05) is 11.1 Å². The minimum absolute atomic E-state index is 0.375. The molecule has 1 aromatic heterocycles. The van der Waals surface area contributed by atoms with E-state index in [0.717, 1.165) is 12.2 Å². The lowest BCUT2D eigenvalue weighted by Gasteiger charge is -2.18. The van der Waals surface area contributed by atoms with E-state index < -0.39 is 0 Å². The molecule has 0 amide bonds. The molecule has 0 fully saturated rings. The standard InChI is InChI=1S/C12H20ClN3/c1-4-8(2)5-9(3)15-12-7-10(14)6-11(13)16-12/h6-9H,4-5H2,1-3H3,(H3,14,15,16). The molecule has 1 rings (SSSR count). The highest BCUT2D eigenvalue weighted by Gasteiger charge is 2.08. The van der Waals surface area contributed by atoms with Gasteiger partial charge < -0.3 is 11.1 Å². The molecule has 2 unspecified atom stereocenters. The van der Waals surface area contributed by atoms with Crippen molar-refractivity contribution in [3.63, 3.8) is 0 Å². The van der Waals surface area contributed by atoms with Crippen LogP contribution >= 0.6 is 11.6 Å². The molecule has 0 radical (unpaired) electrons. The van der Waals surface area contributed by atoms with Crippen LogP contribution in [0.1, 0.15) is 33.6 Å². The van der Waals surface area contributed by atoms with Gasteiger partial charge in [0.1, 0.15) is 11.0 Å². The first-order valence-electron chi connectivity index (χ1n) is 5.70. The fraction of sp³-hybridized carbons (Fsp3) is 0.583. The molecule has 2 atom stereocenters. The Balaban J connectivity index is 2.58. The molecule has 3 nitrogen and oxygen atoms in total. The van der Waals surface area contributed by atoms with E-state index in [-0.39, 0.29) is 0 Å². The van der Waals surface area contributed by atoms with Crippen LogP contribution in [0.5, 0.6) is 0 Å². The molecule has 16 heavy (non-hydrogen) atoms. The topological polar surface area (TPSA) is 50.9 Å². The Hall–Kier alpha value is -0.960. The summed E-state index contributed by atoms with van der Waals surface area (Å²) in [5.74, 6) is 1.46. The molecule has 0 saturated carbocycles. The van der Waals surface area contributed by atoms with Crippen molar-refractivity contribution in [1.82, 2.24) is 4.98 Å². The molecule has 3 N–H and O–H groups in total. The quantitative estimate of drug-likeness (QED) is 0.775. The predicted molar refractivity (Wildman–Crippen MR) is 70.8 cm³/mol. The molecule has 0 bridgehead atoms. The molecular formula is C12H20ClN3. The van der Waals surface area contributed by atoms with Gasteiger partial charge in [-0.1, -0.05) is 31.9 Å². The summed E-state index contributed by atoms with van der Waals surface area (Å²) in [5, 5.41) is 3.74. The zero-order chi connectivity index (χ0) is 12.1. The van der Waals surface area contributed by atoms with Gasteiger partial charge in [-0.15, -0.1) is 0 Å². The Morgan fingerprint density at radius 1 is 1.44 bits per heavy atom. The van der Waals surface area contributed by atoms with Gasteiger partial charge in [-0.3, -0.25) is 0 Å². The van der Waals surface area contributed by atoms with E-state index >= 15 is 0 Å². The third-order valence-corrected chi connectivity index (χ3v) is 2.86. The van der Waals surface area contributed by atoms with Crippen LogP contribution in [0.3, 0.4) is 0 Å². The van der Waals surface area contributed by atoms with Gasteiger partial charge in [-0.05, 0) is 25.3 Å². The summed E-state index contributed by atoms with van der Waals surface area (Å²) in [6.07, 6.45) is 2.31. The lowest BCUT2D eigenvalue weighted by Crippen LogP contribution is -2.19. The Morgan fingerprint density at radius 2 is 2.12 bits per heavy atom. The molecule has 0 spiro atoms. The summed E-state index contributed by atoms with van der Waals surface area (Å²) in [4.78, 5) is 4.18. The number of nitrogen functional groups attached to an aromatic ring is 1. The minimum Gasteiger partial charge on any atom is -0.399 e. The SMILES string of the molecule is CCC(C)CC(C)Nc1cc(N)cc(Cl)n1. The molecule has 0 aromatic carbocycles.